The second-order valence-corrected chi connectivity index (χ2v) is 5.82. The van der Waals surface area contributed by atoms with Gasteiger partial charge in [0.25, 0.3) is 0 Å². The first-order valence-corrected chi connectivity index (χ1v) is 7.50. The molecule has 0 amide bonds. The van der Waals surface area contributed by atoms with Gasteiger partial charge in [-0.2, -0.15) is 0 Å². The molecule has 0 radical (unpaired) electrons. The monoisotopic (exact) mass is 241 g/mol. The van der Waals surface area contributed by atoms with Crippen LogP contribution in [0.5, 0.6) is 0 Å². The maximum absolute atomic E-state index is 5.69. The van der Waals surface area contributed by atoms with Crippen LogP contribution in [-0.4, -0.2) is 25.3 Å². The largest absolute Gasteiger partial charge is 0.378 e. The van der Waals surface area contributed by atoms with E-state index in [1.165, 1.54) is 32.1 Å². The third kappa shape index (κ3) is 5.39. The first-order chi connectivity index (χ1) is 8.15. The summed E-state index contributed by atoms with van der Waals surface area (Å²) >= 11 is 0. The van der Waals surface area contributed by atoms with E-state index in [2.05, 4.69) is 33.0 Å². The van der Waals surface area contributed by atoms with Gasteiger partial charge in [-0.15, -0.1) is 0 Å². The van der Waals surface area contributed by atoms with Crippen molar-refractivity contribution >= 4 is 0 Å². The fourth-order valence-corrected chi connectivity index (χ4v) is 3.09. The van der Waals surface area contributed by atoms with Gasteiger partial charge in [0.15, 0.2) is 0 Å². The highest BCUT2D eigenvalue weighted by Gasteiger charge is 2.21. The lowest BCUT2D eigenvalue weighted by Gasteiger charge is -2.28. The van der Waals surface area contributed by atoms with E-state index in [-0.39, 0.29) is 0 Å². The minimum atomic E-state index is 0.567. The fraction of sp³-hybridized carbons (Fsp3) is 1.00. The van der Waals surface area contributed by atoms with Gasteiger partial charge in [-0.05, 0) is 51.0 Å². The smallest absolute Gasteiger partial charge is 0.0576 e. The second-order valence-electron chi connectivity index (χ2n) is 5.82. The average molecular weight is 241 g/mol. The average Bonchev–Trinajstić information content (AvgIpc) is 2.76. The summed E-state index contributed by atoms with van der Waals surface area (Å²) in [6.45, 7) is 11.3. The van der Waals surface area contributed by atoms with Crippen molar-refractivity contribution in [3.05, 3.63) is 0 Å². The molecule has 0 bridgehead atoms. The van der Waals surface area contributed by atoms with Gasteiger partial charge in [0.1, 0.15) is 0 Å². The SMILES string of the molecule is CCNC(C)C(CCCC1CCCO1)C(C)C. The van der Waals surface area contributed by atoms with Crippen LogP contribution in [0.3, 0.4) is 0 Å². The molecular weight excluding hydrogens is 210 g/mol. The summed E-state index contributed by atoms with van der Waals surface area (Å²) < 4.78 is 5.69. The van der Waals surface area contributed by atoms with E-state index < -0.39 is 0 Å². The van der Waals surface area contributed by atoms with E-state index in [0.717, 1.165) is 25.0 Å². The predicted octanol–water partition coefficient (Wildman–Crippen LogP) is 3.61. The number of hydrogen-bond acceptors (Lipinski definition) is 2. The molecule has 0 aromatic carbocycles. The van der Waals surface area contributed by atoms with Crippen molar-refractivity contribution in [1.82, 2.24) is 5.32 Å². The lowest BCUT2D eigenvalue weighted by molar-refractivity contribution is 0.0989. The number of nitrogens with one attached hydrogen (secondary N) is 1. The van der Waals surface area contributed by atoms with Crippen molar-refractivity contribution in [2.45, 2.75) is 71.9 Å². The second kappa shape index (κ2) is 8.10. The summed E-state index contributed by atoms with van der Waals surface area (Å²) in [7, 11) is 0. The van der Waals surface area contributed by atoms with Gasteiger partial charge in [0.2, 0.25) is 0 Å². The molecule has 2 nitrogen and oxygen atoms in total. The molecule has 1 N–H and O–H groups in total. The van der Waals surface area contributed by atoms with E-state index in [9.17, 15) is 0 Å². The van der Waals surface area contributed by atoms with Crippen LogP contribution >= 0.6 is 0 Å². The molecule has 1 aliphatic heterocycles. The number of hydrogen-bond donors (Lipinski definition) is 1. The zero-order valence-electron chi connectivity index (χ0n) is 12.2. The standard InChI is InChI=1S/C15H31NO/c1-5-16-13(4)15(12(2)3)10-6-8-14-9-7-11-17-14/h12-16H,5-11H2,1-4H3. The van der Waals surface area contributed by atoms with Crippen molar-refractivity contribution in [1.29, 1.82) is 0 Å². The molecule has 1 aliphatic rings. The van der Waals surface area contributed by atoms with Gasteiger partial charge in [-0.1, -0.05) is 27.2 Å². The van der Waals surface area contributed by atoms with Crippen LogP contribution in [-0.2, 0) is 4.74 Å². The van der Waals surface area contributed by atoms with Crippen LogP contribution < -0.4 is 5.32 Å². The van der Waals surface area contributed by atoms with Gasteiger partial charge in [-0.3, -0.25) is 0 Å². The maximum Gasteiger partial charge on any atom is 0.0576 e. The highest BCUT2D eigenvalue weighted by atomic mass is 16.5. The molecule has 0 spiro atoms. The molecule has 17 heavy (non-hydrogen) atoms. The normalized spacial score (nSPS) is 24.2. The summed E-state index contributed by atoms with van der Waals surface area (Å²) in [6.07, 6.45) is 7.05. The lowest BCUT2D eigenvalue weighted by Crippen LogP contribution is -2.36. The summed E-state index contributed by atoms with van der Waals surface area (Å²) in [4.78, 5) is 0. The molecule has 102 valence electrons. The van der Waals surface area contributed by atoms with Gasteiger partial charge in [0.05, 0.1) is 6.10 Å². The Balaban J connectivity index is 2.23. The molecule has 0 aromatic heterocycles. The summed E-state index contributed by atoms with van der Waals surface area (Å²) in [5.74, 6) is 1.57. The minimum Gasteiger partial charge on any atom is -0.378 e. The quantitative estimate of drug-likeness (QED) is 0.701. The minimum absolute atomic E-state index is 0.567. The topological polar surface area (TPSA) is 21.3 Å². The Hall–Kier alpha value is -0.0800. The van der Waals surface area contributed by atoms with E-state index in [4.69, 9.17) is 4.74 Å². The van der Waals surface area contributed by atoms with Crippen molar-refractivity contribution in [3.63, 3.8) is 0 Å². The summed E-state index contributed by atoms with van der Waals surface area (Å²) in [6, 6.07) is 0.643. The van der Waals surface area contributed by atoms with E-state index in [1.807, 2.05) is 0 Å². The molecule has 1 fully saturated rings. The van der Waals surface area contributed by atoms with Crippen LogP contribution in [0.1, 0.15) is 59.8 Å². The Morgan fingerprint density at radius 3 is 2.59 bits per heavy atom. The summed E-state index contributed by atoms with van der Waals surface area (Å²) in [5.41, 5.74) is 0. The zero-order valence-corrected chi connectivity index (χ0v) is 12.2. The van der Waals surface area contributed by atoms with Crippen molar-refractivity contribution in [3.8, 4) is 0 Å². The van der Waals surface area contributed by atoms with E-state index in [0.29, 0.717) is 12.1 Å². The van der Waals surface area contributed by atoms with Crippen LogP contribution in [0, 0.1) is 11.8 Å². The molecule has 1 rings (SSSR count). The first kappa shape index (κ1) is 15.0. The Bertz CT molecular complexity index is 187. The van der Waals surface area contributed by atoms with Gasteiger partial charge in [0, 0.05) is 12.6 Å². The number of ether oxygens (including phenoxy) is 1. The molecule has 0 aliphatic carbocycles. The van der Waals surface area contributed by atoms with E-state index >= 15 is 0 Å². The molecule has 0 aromatic rings. The van der Waals surface area contributed by atoms with Crippen molar-refractivity contribution < 1.29 is 4.74 Å². The Morgan fingerprint density at radius 2 is 2.06 bits per heavy atom. The highest BCUT2D eigenvalue weighted by molar-refractivity contribution is 4.75. The van der Waals surface area contributed by atoms with Crippen LogP contribution in [0.15, 0.2) is 0 Å². The molecule has 3 unspecified atom stereocenters. The number of rotatable bonds is 8. The maximum atomic E-state index is 5.69. The molecule has 2 heteroatoms. The van der Waals surface area contributed by atoms with E-state index in [1.54, 1.807) is 0 Å². The Kier molecular flexibility index (Phi) is 7.14. The zero-order chi connectivity index (χ0) is 12.7. The third-order valence-corrected chi connectivity index (χ3v) is 4.11. The summed E-state index contributed by atoms with van der Waals surface area (Å²) in [5, 5.41) is 3.57. The van der Waals surface area contributed by atoms with Crippen LogP contribution in [0.2, 0.25) is 0 Å². The molecular formula is C15H31NO. The fourth-order valence-electron chi connectivity index (χ4n) is 3.09. The molecule has 0 saturated carbocycles. The highest BCUT2D eigenvalue weighted by Crippen LogP contribution is 2.25. The van der Waals surface area contributed by atoms with Crippen LogP contribution in [0.4, 0.5) is 0 Å². The van der Waals surface area contributed by atoms with Crippen molar-refractivity contribution in [2.24, 2.45) is 11.8 Å². The van der Waals surface area contributed by atoms with Crippen molar-refractivity contribution in [2.75, 3.05) is 13.2 Å². The first-order valence-electron chi connectivity index (χ1n) is 7.50. The van der Waals surface area contributed by atoms with Crippen LogP contribution in [0.25, 0.3) is 0 Å². The third-order valence-electron chi connectivity index (χ3n) is 4.11. The lowest BCUT2D eigenvalue weighted by atomic mass is 9.84. The van der Waals surface area contributed by atoms with Gasteiger partial charge >= 0.3 is 0 Å². The molecule has 1 heterocycles. The molecule has 3 atom stereocenters. The molecule has 1 saturated heterocycles. The Morgan fingerprint density at radius 1 is 1.29 bits per heavy atom. The predicted molar refractivity (Wildman–Crippen MR) is 74.3 cm³/mol. The van der Waals surface area contributed by atoms with Gasteiger partial charge < -0.3 is 10.1 Å². The Labute approximate surface area is 108 Å². The van der Waals surface area contributed by atoms with Gasteiger partial charge in [-0.25, -0.2) is 0 Å².